The number of nitrogens with one attached hydrogen (secondary N) is 1. The maximum absolute atomic E-state index is 13.0. The maximum Gasteiger partial charge on any atom is 0.277 e. The summed E-state index contributed by atoms with van der Waals surface area (Å²) in [4.78, 5) is 30.7. The van der Waals surface area contributed by atoms with Crippen LogP contribution in [0.5, 0.6) is 11.5 Å². The minimum Gasteiger partial charge on any atom is -0.454 e. The van der Waals surface area contributed by atoms with Crippen molar-refractivity contribution in [2.75, 3.05) is 13.3 Å². The van der Waals surface area contributed by atoms with Crippen LogP contribution in [0.3, 0.4) is 0 Å². The number of rotatable bonds is 5. The van der Waals surface area contributed by atoms with Gasteiger partial charge in [0.05, 0.1) is 17.0 Å². The molecular formula is C23H26N4O4S. The van der Waals surface area contributed by atoms with Crippen LogP contribution in [0.2, 0.25) is 0 Å². The van der Waals surface area contributed by atoms with Crippen LogP contribution in [0.15, 0.2) is 23.0 Å². The van der Waals surface area contributed by atoms with Gasteiger partial charge in [0.15, 0.2) is 11.5 Å². The van der Waals surface area contributed by atoms with Crippen molar-refractivity contribution in [1.29, 1.82) is 0 Å². The average Bonchev–Trinajstić information content (AvgIpc) is 3.37. The van der Waals surface area contributed by atoms with E-state index >= 15 is 0 Å². The van der Waals surface area contributed by atoms with Gasteiger partial charge in [-0.15, -0.1) is 11.3 Å². The highest BCUT2D eigenvalue weighted by Gasteiger charge is 2.26. The molecule has 1 aliphatic heterocycles. The molecule has 1 amide bonds. The molecule has 1 aliphatic rings. The Morgan fingerprint density at radius 1 is 1.19 bits per heavy atom. The number of ether oxygens (including phenoxy) is 2. The minimum absolute atomic E-state index is 0.208. The second-order valence-electron chi connectivity index (χ2n) is 8.58. The number of hydrogen-bond donors (Lipinski definition) is 1. The summed E-state index contributed by atoms with van der Waals surface area (Å²) in [5.74, 6) is 1.24. The van der Waals surface area contributed by atoms with E-state index < -0.39 is 0 Å². The second kappa shape index (κ2) is 8.05. The van der Waals surface area contributed by atoms with E-state index in [1.165, 1.54) is 16.0 Å². The van der Waals surface area contributed by atoms with Gasteiger partial charge in [0.2, 0.25) is 6.79 Å². The van der Waals surface area contributed by atoms with Gasteiger partial charge in [0.25, 0.3) is 11.5 Å². The van der Waals surface area contributed by atoms with Gasteiger partial charge in [-0.2, -0.15) is 5.10 Å². The van der Waals surface area contributed by atoms with Gasteiger partial charge in [-0.25, -0.2) is 9.67 Å². The van der Waals surface area contributed by atoms with Gasteiger partial charge in [-0.3, -0.25) is 9.59 Å². The lowest BCUT2D eigenvalue weighted by atomic mass is 9.84. The smallest absolute Gasteiger partial charge is 0.277 e. The Morgan fingerprint density at radius 2 is 1.91 bits per heavy atom. The number of carbonyl (C=O) groups excluding carboxylic acids is 1. The minimum atomic E-state index is -0.327. The molecule has 2 aromatic heterocycles. The molecule has 1 N–H and O–H groups in total. The summed E-state index contributed by atoms with van der Waals surface area (Å²) >= 11 is 1.23. The molecule has 4 rings (SSSR count). The Hall–Kier alpha value is -3.20. The zero-order chi connectivity index (χ0) is 23.2. The summed E-state index contributed by atoms with van der Waals surface area (Å²) in [5, 5.41) is 7.78. The summed E-state index contributed by atoms with van der Waals surface area (Å²) < 4.78 is 12.2. The summed E-state index contributed by atoms with van der Waals surface area (Å²) in [6.45, 7) is 10.3. The van der Waals surface area contributed by atoms with E-state index in [-0.39, 0.29) is 23.7 Å². The largest absolute Gasteiger partial charge is 0.454 e. The molecule has 0 fully saturated rings. The molecule has 0 unspecified atom stereocenters. The number of aryl methyl sites for hydroxylation is 3. The van der Waals surface area contributed by atoms with E-state index in [1.807, 2.05) is 32.0 Å². The van der Waals surface area contributed by atoms with Gasteiger partial charge in [-0.05, 0) is 44.0 Å². The molecule has 0 saturated heterocycles. The van der Waals surface area contributed by atoms with Crippen molar-refractivity contribution >= 4 is 17.2 Å². The number of amides is 1. The van der Waals surface area contributed by atoms with Crippen LogP contribution >= 0.6 is 11.3 Å². The average molecular weight is 455 g/mol. The highest BCUT2D eigenvalue weighted by Crippen LogP contribution is 2.36. The number of hydrogen-bond acceptors (Lipinski definition) is 7. The summed E-state index contributed by atoms with van der Waals surface area (Å²) in [6, 6.07) is 5.83. The van der Waals surface area contributed by atoms with E-state index in [4.69, 9.17) is 9.47 Å². The quantitative estimate of drug-likeness (QED) is 0.636. The number of aromatic nitrogens is 3. The molecule has 0 radical (unpaired) electrons. The number of nitrogens with zero attached hydrogens (tertiary/aromatic N) is 3. The molecule has 3 aromatic rings. The third-order valence-corrected chi connectivity index (χ3v) is 6.96. The standard InChI is InChI=1S/C23H26N4O4S/c1-12-13(2)26-27(6)22(29)18(12)21-25-14(3)19(32-21)20(28)24-10-23(4,5)15-7-8-16-17(9-15)31-11-30-16/h7-9H,10-11H2,1-6H3,(H,24,28). The Morgan fingerprint density at radius 3 is 2.66 bits per heavy atom. The molecule has 32 heavy (non-hydrogen) atoms. The zero-order valence-electron chi connectivity index (χ0n) is 19.0. The maximum atomic E-state index is 13.0. The van der Waals surface area contributed by atoms with Crippen molar-refractivity contribution in [2.24, 2.45) is 7.05 Å². The Bertz CT molecular complexity index is 1280. The fraction of sp³-hybridized carbons (Fsp3) is 0.391. The summed E-state index contributed by atoms with van der Waals surface area (Å²) in [5.41, 5.74) is 3.11. The zero-order valence-corrected chi connectivity index (χ0v) is 19.8. The van der Waals surface area contributed by atoms with Gasteiger partial charge < -0.3 is 14.8 Å². The molecule has 0 aliphatic carbocycles. The molecule has 0 spiro atoms. The normalized spacial score (nSPS) is 12.8. The van der Waals surface area contributed by atoms with Crippen LogP contribution in [0.1, 0.15) is 46.0 Å². The summed E-state index contributed by atoms with van der Waals surface area (Å²) in [7, 11) is 1.62. The van der Waals surface area contributed by atoms with Gasteiger partial charge >= 0.3 is 0 Å². The van der Waals surface area contributed by atoms with Crippen molar-refractivity contribution < 1.29 is 14.3 Å². The van der Waals surface area contributed by atoms with Gasteiger partial charge in [0.1, 0.15) is 9.88 Å². The molecule has 0 bridgehead atoms. The number of carbonyl (C=O) groups is 1. The van der Waals surface area contributed by atoms with Gasteiger partial charge in [-0.1, -0.05) is 19.9 Å². The third-order valence-electron chi connectivity index (χ3n) is 5.79. The Kier molecular flexibility index (Phi) is 5.54. The summed E-state index contributed by atoms with van der Waals surface area (Å²) in [6.07, 6.45) is 0. The lowest BCUT2D eigenvalue weighted by Crippen LogP contribution is -2.36. The fourth-order valence-corrected chi connectivity index (χ4v) is 4.69. The highest BCUT2D eigenvalue weighted by atomic mass is 32.1. The lowest BCUT2D eigenvalue weighted by molar-refractivity contribution is 0.0949. The predicted octanol–water partition coefficient (Wildman–Crippen LogP) is 3.27. The molecule has 0 saturated carbocycles. The Balaban J connectivity index is 1.55. The van der Waals surface area contributed by atoms with Crippen LogP contribution in [0.4, 0.5) is 0 Å². The van der Waals surface area contributed by atoms with E-state index in [1.54, 1.807) is 14.0 Å². The van der Waals surface area contributed by atoms with Gasteiger partial charge in [0, 0.05) is 19.0 Å². The van der Waals surface area contributed by atoms with E-state index in [9.17, 15) is 9.59 Å². The number of fused-ring (bicyclic) bond motifs is 1. The fourth-order valence-electron chi connectivity index (χ4n) is 3.62. The monoisotopic (exact) mass is 454 g/mol. The van der Waals surface area contributed by atoms with Crippen LogP contribution in [-0.4, -0.2) is 34.0 Å². The molecule has 3 heterocycles. The first-order valence-electron chi connectivity index (χ1n) is 10.3. The highest BCUT2D eigenvalue weighted by molar-refractivity contribution is 7.17. The molecule has 8 nitrogen and oxygen atoms in total. The van der Waals surface area contributed by atoms with Crippen LogP contribution < -0.4 is 20.3 Å². The van der Waals surface area contributed by atoms with Crippen LogP contribution in [0, 0.1) is 20.8 Å². The van der Waals surface area contributed by atoms with Crippen molar-refractivity contribution in [2.45, 2.75) is 40.0 Å². The van der Waals surface area contributed by atoms with Crippen molar-refractivity contribution in [3.05, 3.63) is 55.9 Å². The topological polar surface area (TPSA) is 95.3 Å². The van der Waals surface area contributed by atoms with Crippen molar-refractivity contribution in [3.63, 3.8) is 0 Å². The van der Waals surface area contributed by atoms with Crippen molar-refractivity contribution in [1.82, 2.24) is 20.1 Å². The molecule has 0 atom stereocenters. The predicted molar refractivity (Wildman–Crippen MR) is 123 cm³/mol. The SMILES string of the molecule is Cc1nc(-c2c(C)c(C)nn(C)c2=O)sc1C(=O)NCC(C)(C)c1ccc2c(c1)OCO2. The third kappa shape index (κ3) is 3.88. The Labute approximate surface area is 190 Å². The first-order valence-corrected chi connectivity index (χ1v) is 11.1. The van der Waals surface area contributed by atoms with E-state index in [2.05, 4.69) is 29.2 Å². The lowest BCUT2D eigenvalue weighted by Gasteiger charge is -2.25. The number of benzene rings is 1. The van der Waals surface area contributed by atoms with Crippen LogP contribution in [0.25, 0.3) is 10.6 Å². The molecule has 9 heteroatoms. The van der Waals surface area contributed by atoms with E-state index in [0.29, 0.717) is 27.7 Å². The first kappa shape index (κ1) is 22.0. The molecule has 168 valence electrons. The van der Waals surface area contributed by atoms with Crippen molar-refractivity contribution in [3.8, 4) is 22.1 Å². The second-order valence-corrected chi connectivity index (χ2v) is 9.58. The molecular weight excluding hydrogens is 428 g/mol. The van der Waals surface area contributed by atoms with Crippen LogP contribution in [-0.2, 0) is 12.5 Å². The number of thiazole rings is 1. The first-order chi connectivity index (χ1) is 15.1. The van der Waals surface area contributed by atoms with E-state index in [0.717, 1.165) is 28.3 Å². The molecule has 1 aromatic carbocycles.